The van der Waals surface area contributed by atoms with Crippen LogP contribution in [0.25, 0.3) is 5.65 Å². The normalized spacial score (nSPS) is 15.9. The van der Waals surface area contributed by atoms with Crippen molar-refractivity contribution in [3.8, 4) is 11.8 Å². The maximum atomic E-state index is 14.9. The Morgan fingerprint density at radius 2 is 1.93 bits per heavy atom. The molecule has 1 saturated heterocycles. The van der Waals surface area contributed by atoms with E-state index in [9.17, 15) is 22.8 Å². The Bertz CT molecular complexity index is 1510. The van der Waals surface area contributed by atoms with Gasteiger partial charge in [0.2, 0.25) is 5.91 Å². The Morgan fingerprint density at radius 3 is 2.56 bits per heavy atom. The number of hydrazine groups is 1. The SMILES string of the molecule is CNC(=O)NN(C1CCN(C)CC1)C(c1cccn2cc(C#CC(OC)N(C)c3cccc(C(N)=O)c3)nc12)C(F)(F)F. The molecule has 11 nitrogen and oxygen atoms in total. The van der Waals surface area contributed by atoms with E-state index in [0.29, 0.717) is 37.2 Å². The van der Waals surface area contributed by atoms with E-state index >= 15 is 0 Å². The molecule has 4 N–H and O–H groups in total. The molecule has 0 aliphatic carbocycles. The first-order chi connectivity index (χ1) is 20.4. The van der Waals surface area contributed by atoms with Crippen molar-refractivity contribution in [1.29, 1.82) is 0 Å². The molecule has 14 heteroatoms. The molecule has 43 heavy (non-hydrogen) atoms. The number of aromatic nitrogens is 2. The zero-order chi connectivity index (χ0) is 31.3. The molecule has 230 valence electrons. The lowest BCUT2D eigenvalue weighted by Crippen LogP contribution is -2.58. The molecule has 2 atom stereocenters. The van der Waals surface area contributed by atoms with Crippen LogP contribution in [0.2, 0.25) is 0 Å². The summed E-state index contributed by atoms with van der Waals surface area (Å²) in [5.74, 6) is 5.26. The number of imidazole rings is 1. The van der Waals surface area contributed by atoms with E-state index in [0.717, 1.165) is 5.01 Å². The van der Waals surface area contributed by atoms with Crippen molar-refractivity contribution < 1.29 is 27.5 Å². The van der Waals surface area contributed by atoms with Gasteiger partial charge in [0, 0.05) is 56.5 Å². The number of anilines is 1. The first-order valence-electron chi connectivity index (χ1n) is 13.6. The van der Waals surface area contributed by atoms with Gasteiger partial charge in [0.1, 0.15) is 11.3 Å². The number of nitrogens with one attached hydrogen (secondary N) is 2. The summed E-state index contributed by atoms with van der Waals surface area (Å²) in [5.41, 5.74) is 8.94. The van der Waals surface area contributed by atoms with Gasteiger partial charge < -0.3 is 30.0 Å². The summed E-state index contributed by atoms with van der Waals surface area (Å²) < 4.78 is 51.6. The average Bonchev–Trinajstić information content (AvgIpc) is 3.40. The van der Waals surface area contributed by atoms with Crippen LogP contribution in [0.4, 0.5) is 23.7 Å². The summed E-state index contributed by atoms with van der Waals surface area (Å²) in [4.78, 5) is 32.1. The van der Waals surface area contributed by atoms with Crippen LogP contribution in [0.5, 0.6) is 0 Å². The largest absolute Gasteiger partial charge is 0.410 e. The number of hydrogen-bond donors (Lipinski definition) is 3. The molecule has 3 aromatic rings. The highest BCUT2D eigenvalue weighted by atomic mass is 19.4. The Labute approximate surface area is 247 Å². The minimum absolute atomic E-state index is 0.0576. The van der Waals surface area contributed by atoms with Crippen molar-refractivity contribution in [3.63, 3.8) is 0 Å². The highest BCUT2D eigenvalue weighted by Gasteiger charge is 2.49. The van der Waals surface area contributed by atoms with Crippen molar-refractivity contribution in [3.05, 3.63) is 65.6 Å². The molecule has 1 aliphatic heterocycles. The van der Waals surface area contributed by atoms with Crippen LogP contribution in [-0.2, 0) is 4.74 Å². The van der Waals surface area contributed by atoms with Crippen LogP contribution in [-0.4, -0.2) is 91.0 Å². The summed E-state index contributed by atoms with van der Waals surface area (Å²) in [6, 6.07) is 6.04. The van der Waals surface area contributed by atoms with Crippen molar-refractivity contribution >= 4 is 23.3 Å². The second-order valence-corrected chi connectivity index (χ2v) is 10.3. The number of likely N-dealkylation sites (tertiary alicyclic amines) is 1. The van der Waals surface area contributed by atoms with Crippen molar-refractivity contribution in [1.82, 2.24) is 30.0 Å². The van der Waals surface area contributed by atoms with E-state index in [4.69, 9.17) is 10.5 Å². The zero-order valence-electron chi connectivity index (χ0n) is 24.4. The summed E-state index contributed by atoms with van der Waals surface area (Å²) in [6.07, 6.45) is -1.51. The fraction of sp³-hybridized carbons (Fsp3) is 0.414. The Hall–Kier alpha value is -4.32. The zero-order valence-corrected chi connectivity index (χ0v) is 24.4. The molecule has 4 rings (SSSR count). The van der Waals surface area contributed by atoms with E-state index in [1.165, 1.54) is 36.9 Å². The van der Waals surface area contributed by atoms with Gasteiger partial charge in [0.15, 0.2) is 12.3 Å². The van der Waals surface area contributed by atoms with Gasteiger partial charge in [-0.15, -0.1) is 0 Å². The summed E-state index contributed by atoms with van der Waals surface area (Å²) in [7, 11) is 6.44. The summed E-state index contributed by atoms with van der Waals surface area (Å²) >= 11 is 0. The van der Waals surface area contributed by atoms with Gasteiger partial charge in [0.25, 0.3) is 0 Å². The number of fused-ring (bicyclic) bond motifs is 1. The number of hydrogen-bond acceptors (Lipinski definition) is 7. The van der Waals surface area contributed by atoms with Crippen molar-refractivity contribution in [2.24, 2.45) is 5.73 Å². The van der Waals surface area contributed by atoms with Gasteiger partial charge in [-0.2, -0.15) is 18.2 Å². The third-order valence-electron chi connectivity index (χ3n) is 7.37. The number of nitrogens with zero attached hydrogens (tertiary/aromatic N) is 5. The number of ether oxygens (including phenoxy) is 1. The fourth-order valence-corrected chi connectivity index (χ4v) is 5.07. The van der Waals surface area contributed by atoms with Gasteiger partial charge in [-0.1, -0.05) is 12.1 Å². The van der Waals surface area contributed by atoms with Crippen molar-refractivity contribution in [2.75, 3.05) is 46.2 Å². The number of amides is 3. The number of benzene rings is 1. The van der Waals surface area contributed by atoms with E-state index in [2.05, 4.69) is 27.6 Å². The molecular weight excluding hydrogens is 565 g/mol. The lowest BCUT2D eigenvalue weighted by atomic mass is 10.00. The number of urea groups is 1. The number of rotatable bonds is 8. The molecule has 0 spiro atoms. The van der Waals surface area contributed by atoms with Crippen LogP contribution >= 0.6 is 0 Å². The molecule has 0 bridgehead atoms. The van der Waals surface area contributed by atoms with Gasteiger partial charge in [-0.05, 0) is 69.1 Å². The predicted octanol–water partition coefficient (Wildman–Crippen LogP) is 2.74. The predicted molar refractivity (Wildman–Crippen MR) is 155 cm³/mol. The molecule has 1 fully saturated rings. The average molecular weight is 601 g/mol. The Kier molecular flexibility index (Phi) is 9.80. The first-order valence-corrected chi connectivity index (χ1v) is 13.6. The molecule has 0 radical (unpaired) electrons. The van der Waals surface area contributed by atoms with Gasteiger partial charge in [-0.25, -0.2) is 9.78 Å². The number of piperidine rings is 1. The number of halogens is 3. The monoisotopic (exact) mass is 600 g/mol. The van der Waals surface area contributed by atoms with E-state index in [1.54, 1.807) is 42.4 Å². The van der Waals surface area contributed by atoms with E-state index < -0.39 is 36.4 Å². The number of nitrogens with two attached hydrogens (primary N) is 1. The topological polar surface area (TPSA) is 120 Å². The minimum atomic E-state index is -4.74. The minimum Gasteiger partial charge on any atom is -0.366 e. The molecule has 0 saturated carbocycles. The second kappa shape index (κ2) is 13.3. The number of carbonyl (C=O) groups excluding carboxylic acids is 2. The molecule has 1 aliphatic rings. The number of pyridine rings is 1. The molecule has 3 heterocycles. The first kappa shape index (κ1) is 31.6. The van der Waals surface area contributed by atoms with Crippen LogP contribution in [0.1, 0.15) is 40.5 Å². The lowest BCUT2D eigenvalue weighted by molar-refractivity contribution is -0.201. The number of carbonyl (C=O) groups is 2. The van der Waals surface area contributed by atoms with Crippen LogP contribution in [0.3, 0.4) is 0 Å². The molecule has 1 aromatic carbocycles. The maximum absolute atomic E-state index is 14.9. The van der Waals surface area contributed by atoms with Gasteiger partial charge >= 0.3 is 12.2 Å². The molecular formula is C29H35F3N8O3. The maximum Gasteiger partial charge on any atom is 0.410 e. The molecule has 3 amide bonds. The second-order valence-electron chi connectivity index (χ2n) is 10.3. The smallest absolute Gasteiger partial charge is 0.366 e. The van der Waals surface area contributed by atoms with E-state index in [-0.39, 0.29) is 16.9 Å². The molecule has 2 aromatic heterocycles. The van der Waals surface area contributed by atoms with Crippen LogP contribution < -0.4 is 21.4 Å². The highest BCUT2D eigenvalue weighted by molar-refractivity contribution is 5.93. The Morgan fingerprint density at radius 1 is 1.21 bits per heavy atom. The standard InChI is InChI=1S/C29H35F3N8O3/c1-34-28(42)36-40(21-12-15-37(2)16-13-21)25(29(30,31)32)23-9-6-14-39-18-20(35-27(23)39)10-11-24(43-4)38(3)22-8-5-7-19(17-22)26(33)41/h5-9,14,17-18,21,24-25H,12-13,15-16H2,1-4H3,(H2,33,41)(H2,34,36,42). The van der Waals surface area contributed by atoms with Crippen LogP contribution in [0, 0.1) is 11.8 Å². The van der Waals surface area contributed by atoms with Crippen molar-refractivity contribution in [2.45, 2.75) is 37.3 Å². The molecule has 2 unspecified atom stereocenters. The third-order valence-corrected chi connectivity index (χ3v) is 7.37. The fourth-order valence-electron chi connectivity index (χ4n) is 5.07. The number of methoxy groups -OCH3 is 1. The summed E-state index contributed by atoms with van der Waals surface area (Å²) in [5, 5.41) is 3.37. The van der Waals surface area contributed by atoms with E-state index in [1.807, 2.05) is 11.9 Å². The summed E-state index contributed by atoms with van der Waals surface area (Å²) in [6.45, 7) is 1.19. The lowest BCUT2D eigenvalue weighted by Gasteiger charge is -2.41. The number of alkyl halides is 3. The van der Waals surface area contributed by atoms with Gasteiger partial charge in [0.05, 0.1) is 0 Å². The quantitative estimate of drug-likeness (QED) is 0.207. The van der Waals surface area contributed by atoms with Gasteiger partial charge in [-0.3, -0.25) is 10.2 Å². The van der Waals surface area contributed by atoms with Crippen LogP contribution in [0.15, 0.2) is 48.8 Å². The number of primary amides is 1. The third kappa shape index (κ3) is 7.37. The highest BCUT2D eigenvalue weighted by Crippen LogP contribution is 2.40. The Balaban J connectivity index is 1.71.